The van der Waals surface area contributed by atoms with E-state index in [1.807, 2.05) is 57.4 Å². The maximum atomic E-state index is 12.8. The molecule has 0 aliphatic carbocycles. The van der Waals surface area contributed by atoms with E-state index in [0.717, 1.165) is 16.3 Å². The summed E-state index contributed by atoms with van der Waals surface area (Å²) >= 11 is 3.15. The van der Waals surface area contributed by atoms with Gasteiger partial charge in [0.25, 0.3) is 5.91 Å². The lowest BCUT2D eigenvalue weighted by Gasteiger charge is -2.23. The number of nitrogens with zero attached hydrogens (tertiary/aromatic N) is 2. The Morgan fingerprint density at radius 3 is 2.60 bits per heavy atom. The van der Waals surface area contributed by atoms with Gasteiger partial charge in [-0.3, -0.25) is 4.79 Å². The van der Waals surface area contributed by atoms with E-state index >= 15 is 0 Å². The van der Waals surface area contributed by atoms with Crippen molar-refractivity contribution >= 4 is 28.6 Å². The van der Waals surface area contributed by atoms with Crippen LogP contribution in [0.3, 0.4) is 0 Å². The summed E-state index contributed by atoms with van der Waals surface area (Å²) in [7, 11) is 4.06. The van der Waals surface area contributed by atoms with E-state index in [1.54, 1.807) is 11.3 Å². The van der Waals surface area contributed by atoms with Crippen molar-refractivity contribution in [2.24, 2.45) is 0 Å². The molecule has 6 heteroatoms. The van der Waals surface area contributed by atoms with E-state index in [-0.39, 0.29) is 11.9 Å². The molecule has 0 aliphatic heterocycles. The first-order valence-corrected chi connectivity index (χ1v) is 9.76. The van der Waals surface area contributed by atoms with Crippen LogP contribution in [0.25, 0.3) is 11.3 Å². The Balaban J connectivity index is 1.78. The number of amides is 1. The molecule has 130 valence electrons. The molecule has 4 nitrogen and oxygen atoms in total. The van der Waals surface area contributed by atoms with Gasteiger partial charge in [0, 0.05) is 17.0 Å². The number of carbonyl (C=O) groups is 1. The van der Waals surface area contributed by atoms with Crippen LogP contribution < -0.4 is 5.32 Å². The summed E-state index contributed by atoms with van der Waals surface area (Å²) < 4.78 is 0. The van der Waals surface area contributed by atoms with E-state index in [4.69, 9.17) is 0 Å². The molecule has 3 aromatic rings. The average Bonchev–Trinajstić information content (AvgIpc) is 3.25. The lowest BCUT2D eigenvalue weighted by Crippen LogP contribution is -2.34. The van der Waals surface area contributed by atoms with Crippen LogP contribution in [0.4, 0.5) is 0 Å². The Morgan fingerprint density at radius 2 is 1.96 bits per heavy atom. The molecule has 0 radical (unpaired) electrons. The molecule has 1 N–H and O–H groups in total. The zero-order valence-corrected chi connectivity index (χ0v) is 16.2. The predicted octanol–water partition coefficient (Wildman–Crippen LogP) is 4.21. The van der Waals surface area contributed by atoms with Crippen LogP contribution in [0.2, 0.25) is 0 Å². The molecule has 0 spiro atoms. The van der Waals surface area contributed by atoms with Gasteiger partial charge in [-0.1, -0.05) is 36.4 Å². The van der Waals surface area contributed by atoms with E-state index in [9.17, 15) is 4.79 Å². The number of rotatable bonds is 6. The Bertz CT molecular complexity index is 826. The third-order valence-corrected chi connectivity index (χ3v) is 5.88. The van der Waals surface area contributed by atoms with Crippen molar-refractivity contribution < 1.29 is 4.79 Å². The van der Waals surface area contributed by atoms with Gasteiger partial charge in [0.05, 0.1) is 16.7 Å². The standard InChI is InChI=1S/C19H21N3OS2/c1-13-21-17(14-8-5-4-6-9-14)18(25-13)19(23)20-12-15(22(2)3)16-10-7-11-24-16/h4-11,15H,12H2,1-3H3,(H,20,23). The molecule has 1 amide bonds. The second-order valence-corrected chi connectivity index (χ2v) is 8.16. The number of aryl methyl sites for hydroxylation is 1. The van der Waals surface area contributed by atoms with E-state index in [0.29, 0.717) is 11.4 Å². The summed E-state index contributed by atoms with van der Waals surface area (Å²) in [6.07, 6.45) is 0. The van der Waals surface area contributed by atoms with Gasteiger partial charge in [-0.05, 0) is 32.5 Å². The van der Waals surface area contributed by atoms with Crippen LogP contribution in [0.15, 0.2) is 47.8 Å². The third-order valence-electron chi connectivity index (χ3n) is 3.94. The highest BCUT2D eigenvalue weighted by atomic mass is 32.1. The highest BCUT2D eigenvalue weighted by molar-refractivity contribution is 7.14. The van der Waals surface area contributed by atoms with E-state index in [1.165, 1.54) is 16.2 Å². The number of benzene rings is 1. The molecular weight excluding hydrogens is 350 g/mol. The maximum Gasteiger partial charge on any atom is 0.263 e. The molecule has 1 atom stereocenters. The summed E-state index contributed by atoms with van der Waals surface area (Å²) in [6.45, 7) is 2.50. The predicted molar refractivity (Wildman–Crippen MR) is 105 cm³/mol. The topological polar surface area (TPSA) is 45.2 Å². The van der Waals surface area contributed by atoms with Crippen LogP contribution in [0, 0.1) is 6.92 Å². The summed E-state index contributed by atoms with van der Waals surface area (Å²) in [6, 6.07) is 14.2. The largest absolute Gasteiger partial charge is 0.349 e. The quantitative estimate of drug-likeness (QED) is 0.706. The van der Waals surface area contributed by atoms with Crippen molar-refractivity contribution in [2.45, 2.75) is 13.0 Å². The molecule has 0 saturated heterocycles. The zero-order valence-electron chi connectivity index (χ0n) is 14.5. The van der Waals surface area contributed by atoms with Crippen molar-refractivity contribution in [1.29, 1.82) is 0 Å². The Hall–Kier alpha value is -2.02. The smallest absolute Gasteiger partial charge is 0.263 e. The van der Waals surface area contributed by atoms with Crippen molar-refractivity contribution in [2.75, 3.05) is 20.6 Å². The van der Waals surface area contributed by atoms with Gasteiger partial charge < -0.3 is 10.2 Å². The molecule has 0 saturated carbocycles. The summed E-state index contributed by atoms with van der Waals surface area (Å²) in [5.41, 5.74) is 1.73. The van der Waals surface area contributed by atoms with Gasteiger partial charge in [-0.25, -0.2) is 4.98 Å². The Kier molecular flexibility index (Phi) is 5.63. The van der Waals surface area contributed by atoms with Gasteiger partial charge in [0.15, 0.2) is 0 Å². The first-order chi connectivity index (χ1) is 12.1. The number of carbonyl (C=O) groups excluding carboxylic acids is 1. The fraction of sp³-hybridized carbons (Fsp3) is 0.263. The van der Waals surface area contributed by atoms with Crippen LogP contribution >= 0.6 is 22.7 Å². The van der Waals surface area contributed by atoms with Crippen LogP contribution in [-0.4, -0.2) is 36.4 Å². The van der Waals surface area contributed by atoms with Gasteiger partial charge in [-0.2, -0.15) is 0 Å². The van der Waals surface area contributed by atoms with Gasteiger partial charge >= 0.3 is 0 Å². The zero-order chi connectivity index (χ0) is 17.8. The van der Waals surface area contributed by atoms with Crippen LogP contribution in [0.5, 0.6) is 0 Å². The van der Waals surface area contributed by atoms with Crippen molar-refractivity contribution in [3.63, 3.8) is 0 Å². The monoisotopic (exact) mass is 371 g/mol. The molecular formula is C19H21N3OS2. The number of likely N-dealkylation sites (N-methyl/N-ethyl adjacent to an activating group) is 1. The molecule has 3 rings (SSSR count). The first kappa shape index (κ1) is 17.8. The van der Waals surface area contributed by atoms with Gasteiger partial charge in [-0.15, -0.1) is 22.7 Å². The number of nitrogens with one attached hydrogen (secondary N) is 1. The Labute approximate surface area is 156 Å². The lowest BCUT2D eigenvalue weighted by molar-refractivity contribution is 0.0947. The minimum absolute atomic E-state index is 0.0622. The molecule has 1 aromatic carbocycles. The highest BCUT2D eigenvalue weighted by Crippen LogP contribution is 2.28. The molecule has 25 heavy (non-hydrogen) atoms. The molecule has 0 aliphatic rings. The maximum absolute atomic E-state index is 12.8. The average molecular weight is 372 g/mol. The fourth-order valence-electron chi connectivity index (χ4n) is 2.66. The number of thiophene rings is 1. The molecule has 0 bridgehead atoms. The van der Waals surface area contributed by atoms with Gasteiger partial charge in [0.2, 0.25) is 0 Å². The second kappa shape index (κ2) is 7.91. The summed E-state index contributed by atoms with van der Waals surface area (Å²) in [4.78, 5) is 21.4. The van der Waals surface area contributed by atoms with Crippen molar-refractivity contribution in [3.8, 4) is 11.3 Å². The molecule has 2 heterocycles. The SMILES string of the molecule is Cc1nc(-c2ccccc2)c(C(=O)NCC(c2cccs2)N(C)C)s1. The number of aromatic nitrogens is 1. The lowest BCUT2D eigenvalue weighted by atomic mass is 10.1. The van der Waals surface area contributed by atoms with Crippen molar-refractivity contribution in [1.82, 2.24) is 15.2 Å². The molecule has 0 fully saturated rings. The van der Waals surface area contributed by atoms with Crippen molar-refractivity contribution in [3.05, 3.63) is 62.6 Å². The first-order valence-electron chi connectivity index (χ1n) is 8.07. The minimum atomic E-state index is -0.0622. The second-order valence-electron chi connectivity index (χ2n) is 5.98. The number of hydrogen-bond acceptors (Lipinski definition) is 5. The normalized spacial score (nSPS) is 12.3. The molecule has 1 unspecified atom stereocenters. The minimum Gasteiger partial charge on any atom is -0.349 e. The third kappa shape index (κ3) is 4.15. The Morgan fingerprint density at radius 1 is 1.20 bits per heavy atom. The van der Waals surface area contributed by atoms with E-state index < -0.39 is 0 Å². The van der Waals surface area contributed by atoms with Crippen LogP contribution in [0.1, 0.15) is 25.6 Å². The van der Waals surface area contributed by atoms with Gasteiger partial charge in [0.1, 0.15) is 4.88 Å². The molecule has 2 aromatic heterocycles. The van der Waals surface area contributed by atoms with E-state index in [2.05, 4.69) is 26.6 Å². The fourth-order valence-corrected chi connectivity index (χ4v) is 4.44. The number of hydrogen-bond donors (Lipinski definition) is 1. The van der Waals surface area contributed by atoms with Crippen LogP contribution in [-0.2, 0) is 0 Å². The highest BCUT2D eigenvalue weighted by Gasteiger charge is 2.21. The summed E-state index contributed by atoms with van der Waals surface area (Å²) in [5, 5.41) is 6.05. The summed E-state index contributed by atoms with van der Waals surface area (Å²) in [5.74, 6) is -0.0622. The number of thiazole rings is 1.